The molecule has 2 aromatic carbocycles. The summed E-state index contributed by atoms with van der Waals surface area (Å²) in [5, 5.41) is 6.25. The zero-order valence-electron chi connectivity index (χ0n) is 22.5. The third kappa shape index (κ3) is 6.07. The van der Waals surface area contributed by atoms with Gasteiger partial charge in [0.15, 0.2) is 0 Å². The summed E-state index contributed by atoms with van der Waals surface area (Å²) < 4.78 is 5.21. The number of hydrazine groups is 1. The van der Waals surface area contributed by atoms with E-state index in [4.69, 9.17) is 4.74 Å². The third-order valence-electron chi connectivity index (χ3n) is 7.21. The van der Waals surface area contributed by atoms with Gasteiger partial charge in [-0.1, -0.05) is 49.4 Å². The third-order valence-corrected chi connectivity index (χ3v) is 7.85. The first-order valence-electron chi connectivity index (χ1n) is 12.9. The summed E-state index contributed by atoms with van der Waals surface area (Å²) in [7, 11) is 3.35. The maximum atomic E-state index is 13.7. The summed E-state index contributed by atoms with van der Waals surface area (Å²) in [6.07, 6.45) is 1.96. The summed E-state index contributed by atoms with van der Waals surface area (Å²) in [6, 6.07) is 16.7. The fourth-order valence-electron chi connectivity index (χ4n) is 5.20. The molecule has 1 unspecified atom stereocenters. The van der Waals surface area contributed by atoms with Gasteiger partial charge in [-0.3, -0.25) is 9.59 Å². The lowest BCUT2D eigenvalue weighted by atomic mass is 9.98. The molecule has 0 spiro atoms. The zero-order chi connectivity index (χ0) is 27.2. The smallest absolute Gasteiger partial charge is 0.334 e. The second-order valence-electron chi connectivity index (χ2n) is 9.80. The average Bonchev–Trinajstić information content (AvgIpc) is 2.92. The molecule has 0 bridgehead atoms. The predicted octanol–water partition coefficient (Wildman–Crippen LogP) is 2.99. The minimum Gasteiger partial charge on any atom is -0.497 e. The highest BCUT2D eigenvalue weighted by Gasteiger charge is 2.50. The molecule has 0 radical (unpaired) electrons. The van der Waals surface area contributed by atoms with Crippen LogP contribution in [-0.2, 0) is 16.1 Å². The van der Waals surface area contributed by atoms with Gasteiger partial charge in [0.25, 0.3) is 0 Å². The van der Waals surface area contributed by atoms with E-state index in [9.17, 15) is 14.4 Å². The van der Waals surface area contributed by atoms with Crippen LogP contribution in [-0.4, -0.2) is 95.7 Å². The first-order valence-corrected chi connectivity index (χ1v) is 14.3. The van der Waals surface area contributed by atoms with Crippen molar-refractivity contribution in [3.63, 3.8) is 0 Å². The van der Waals surface area contributed by atoms with E-state index in [1.165, 1.54) is 0 Å². The second kappa shape index (κ2) is 12.5. The van der Waals surface area contributed by atoms with Crippen molar-refractivity contribution < 1.29 is 19.1 Å². The van der Waals surface area contributed by atoms with Crippen molar-refractivity contribution in [2.45, 2.75) is 38.0 Å². The highest BCUT2D eigenvalue weighted by Crippen LogP contribution is 2.29. The predicted molar refractivity (Wildman–Crippen MR) is 149 cm³/mol. The van der Waals surface area contributed by atoms with Gasteiger partial charge < -0.3 is 19.9 Å². The number of piperazine rings is 1. The van der Waals surface area contributed by atoms with E-state index in [0.717, 1.165) is 22.6 Å². The van der Waals surface area contributed by atoms with E-state index in [1.807, 2.05) is 53.6 Å². The number of thioether (sulfide) groups is 1. The largest absolute Gasteiger partial charge is 0.497 e. The average molecular weight is 540 g/mol. The maximum absolute atomic E-state index is 13.7. The molecule has 2 aliphatic heterocycles. The quantitative estimate of drug-likeness (QED) is 0.528. The number of nitrogens with one attached hydrogen (secondary N) is 1. The molecule has 1 N–H and O–H groups in total. The minimum absolute atomic E-state index is 0.0376. The summed E-state index contributed by atoms with van der Waals surface area (Å²) in [6.45, 7) is 3.25. The molecule has 204 valence electrons. The van der Waals surface area contributed by atoms with Gasteiger partial charge in [0.1, 0.15) is 18.0 Å². The fraction of sp³-hybridized carbons (Fsp3) is 0.464. The van der Waals surface area contributed by atoms with Gasteiger partial charge >= 0.3 is 6.03 Å². The van der Waals surface area contributed by atoms with Gasteiger partial charge in [-0.15, -0.1) is 0 Å². The Morgan fingerprint density at radius 3 is 2.50 bits per heavy atom. The minimum atomic E-state index is -0.595. The standard InChI is InChI=1S/C28H37N5O4S/c1-20(22-8-6-5-7-9-22)17-31-18-25-32(24(27(31)35)14-15-38-4)26(34)19-30(2)33(25)28(36)29-16-21-10-12-23(37-3)13-11-21/h5-13,20,24-25H,14-19H2,1-4H3,(H,29,36)/t20?,24-,25-/m0/s1. The zero-order valence-corrected chi connectivity index (χ0v) is 23.3. The molecule has 4 rings (SSSR count). The van der Waals surface area contributed by atoms with Gasteiger partial charge in [0, 0.05) is 20.1 Å². The van der Waals surface area contributed by atoms with Gasteiger partial charge in [-0.05, 0) is 47.6 Å². The molecule has 2 saturated heterocycles. The number of benzene rings is 2. The fourth-order valence-corrected chi connectivity index (χ4v) is 5.65. The van der Waals surface area contributed by atoms with Crippen molar-refractivity contribution in [1.82, 2.24) is 25.1 Å². The monoisotopic (exact) mass is 539 g/mol. The van der Waals surface area contributed by atoms with Crippen LogP contribution >= 0.6 is 11.8 Å². The number of rotatable bonds is 9. The van der Waals surface area contributed by atoms with Crippen LogP contribution in [0.15, 0.2) is 54.6 Å². The number of hydrogen-bond acceptors (Lipinski definition) is 6. The molecule has 2 heterocycles. The van der Waals surface area contributed by atoms with Gasteiger partial charge in [0.2, 0.25) is 11.8 Å². The SMILES string of the molecule is COc1ccc(CNC(=O)N2[C@H]3CN(CC(C)c4ccccc4)C(=O)[C@H](CCSC)N3C(=O)CN2C)cc1. The normalized spacial score (nSPS) is 20.8. The number of carbonyl (C=O) groups is 3. The molecular weight excluding hydrogens is 502 g/mol. The number of amides is 4. The lowest BCUT2D eigenvalue weighted by molar-refractivity contribution is -0.187. The van der Waals surface area contributed by atoms with Crippen LogP contribution in [0.5, 0.6) is 5.75 Å². The molecule has 0 aliphatic carbocycles. The Balaban J connectivity index is 1.56. The van der Waals surface area contributed by atoms with Crippen LogP contribution in [0.4, 0.5) is 4.79 Å². The highest BCUT2D eigenvalue weighted by atomic mass is 32.2. The van der Waals surface area contributed by atoms with Crippen molar-refractivity contribution in [3.8, 4) is 5.75 Å². The lowest BCUT2D eigenvalue weighted by Crippen LogP contribution is -2.76. The summed E-state index contributed by atoms with van der Waals surface area (Å²) in [4.78, 5) is 44.0. The highest BCUT2D eigenvalue weighted by molar-refractivity contribution is 7.98. The van der Waals surface area contributed by atoms with Crippen molar-refractivity contribution in [2.75, 3.05) is 45.8 Å². The first-order chi connectivity index (χ1) is 18.3. The Morgan fingerprint density at radius 2 is 1.84 bits per heavy atom. The molecular formula is C28H37N5O4S. The van der Waals surface area contributed by atoms with Crippen LogP contribution in [0.3, 0.4) is 0 Å². The van der Waals surface area contributed by atoms with Crippen LogP contribution < -0.4 is 10.1 Å². The number of ether oxygens (including phenoxy) is 1. The van der Waals surface area contributed by atoms with Crippen LogP contribution in [0, 0.1) is 0 Å². The van der Waals surface area contributed by atoms with Crippen molar-refractivity contribution in [1.29, 1.82) is 0 Å². The van der Waals surface area contributed by atoms with Crippen molar-refractivity contribution in [3.05, 3.63) is 65.7 Å². The van der Waals surface area contributed by atoms with Crippen LogP contribution in [0.1, 0.15) is 30.4 Å². The van der Waals surface area contributed by atoms with E-state index in [2.05, 4.69) is 24.4 Å². The van der Waals surface area contributed by atoms with E-state index >= 15 is 0 Å². The van der Waals surface area contributed by atoms with Crippen molar-refractivity contribution >= 4 is 29.6 Å². The summed E-state index contributed by atoms with van der Waals surface area (Å²) in [5.41, 5.74) is 2.08. The van der Waals surface area contributed by atoms with Gasteiger partial charge in [0.05, 0.1) is 20.2 Å². The number of nitrogens with zero attached hydrogens (tertiary/aromatic N) is 4. The number of methoxy groups -OCH3 is 1. The number of likely N-dealkylation sites (N-methyl/N-ethyl adjacent to an activating group) is 1. The Labute approximate surface area is 229 Å². The number of fused-ring (bicyclic) bond motifs is 1. The van der Waals surface area contributed by atoms with Crippen LogP contribution in [0.25, 0.3) is 0 Å². The Bertz CT molecular complexity index is 1120. The molecule has 2 aliphatic rings. The van der Waals surface area contributed by atoms with Gasteiger partial charge in [-0.25, -0.2) is 14.8 Å². The Kier molecular flexibility index (Phi) is 9.17. The molecule has 38 heavy (non-hydrogen) atoms. The number of hydrogen-bond donors (Lipinski definition) is 1. The van der Waals surface area contributed by atoms with E-state index in [-0.39, 0.29) is 36.9 Å². The van der Waals surface area contributed by atoms with E-state index in [1.54, 1.807) is 40.8 Å². The summed E-state index contributed by atoms with van der Waals surface area (Å²) in [5.74, 6) is 1.43. The molecule has 9 nitrogen and oxygen atoms in total. The van der Waals surface area contributed by atoms with Gasteiger partial charge in [-0.2, -0.15) is 11.8 Å². The Morgan fingerprint density at radius 1 is 1.13 bits per heavy atom. The van der Waals surface area contributed by atoms with Crippen molar-refractivity contribution in [2.24, 2.45) is 0 Å². The second-order valence-corrected chi connectivity index (χ2v) is 10.8. The molecule has 4 amide bonds. The van der Waals surface area contributed by atoms with E-state index in [0.29, 0.717) is 19.5 Å². The first kappa shape index (κ1) is 27.8. The number of carbonyl (C=O) groups excluding carboxylic acids is 3. The number of urea groups is 1. The van der Waals surface area contributed by atoms with E-state index < -0.39 is 12.2 Å². The lowest BCUT2D eigenvalue weighted by Gasteiger charge is -2.54. The topological polar surface area (TPSA) is 85.4 Å². The molecule has 3 atom stereocenters. The molecule has 2 aromatic rings. The molecule has 0 aromatic heterocycles. The Hall–Kier alpha value is -3.24. The summed E-state index contributed by atoms with van der Waals surface area (Å²) >= 11 is 1.64. The van der Waals surface area contributed by atoms with Crippen LogP contribution in [0.2, 0.25) is 0 Å². The maximum Gasteiger partial charge on any atom is 0.334 e. The molecule has 10 heteroatoms. The molecule has 2 fully saturated rings. The molecule has 0 saturated carbocycles.